The van der Waals surface area contributed by atoms with Crippen LogP contribution in [0.25, 0.3) is 0 Å². The van der Waals surface area contributed by atoms with Gasteiger partial charge in [0.15, 0.2) is 0 Å². The van der Waals surface area contributed by atoms with E-state index in [2.05, 4.69) is 28.6 Å². The Kier molecular flexibility index (Phi) is 6.31. The third-order valence-corrected chi connectivity index (χ3v) is 2.44. The highest BCUT2D eigenvalue weighted by Crippen LogP contribution is 2.25. The first kappa shape index (κ1) is 14.3. The molecule has 0 spiro atoms. The topological polar surface area (TPSA) is 61.6 Å². The van der Waals surface area contributed by atoms with Crippen LogP contribution in [0.4, 0.5) is 5.69 Å². The van der Waals surface area contributed by atoms with E-state index in [0.29, 0.717) is 35.8 Å². The second kappa shape index (κ2) is 7.52. The highest BCUT2D eigenvalue weighted by Gasteiger charge is 2.09. The molecule has 1 aromatic rings. The van der Waals surface area contributed by atoms with Crippen molar-refractivity contribution in [2.75, 3.05) is 25.6 Å². The molecule has 0 aliphatic rings. The van der Waals surface area contributed by atoms with Gasteiger partial charge in [-0.1, -0.05) is 15.9 Å². The number of nitrogens with zero attached hydrogens (tertiary/aromatic N) is 1. The zero-order chi connectivity index (χ0) is 12.7. The Morgan fingerprint density at radius 2 is 2.06 bits per heavy atom. The van der Waals surface area contributed by atoms with E-state index in [1.165, 1.54) is 12.1 Å². The summed E-state index contributed by atoms with van der Waals surface area (Å²) in [6.45, 7) is 1.34. The molecule has 1 aromatic carbocycles. The minimum atomic E-state index is -0.463. The van der Waals surface area contributed by atoms with Crippen LogP contribution in [-0.4, -0.2) is 30.5 Å². The van der Waals surface area contributed by atoms with Gasteiger partial charge in [0.1, 0.15) is 12.4 Å². The van der Waals surface area contributed by atoms with E-state index in [0.717, 1.165) is 0 Å². The molecule has 0 N–H and O–H groups in total. The van der Waals surface area contributed by atoms with Crippen molar-refractivity contribution in [3.05, 3.63) is 32.8 Å². The largest absolute Gasteiger partial charge is 0.491 e. The Bertz CT molecular complexity index is 389. The quantitative estimate of drug-likeness (QED) is 0.363. The molecule has 0 fully saturated rings. The van der Waals surface area contributed by atoms with Gasteiger partial charge in [0.05, 0.1) is 24.2 Å². The van der Waals surface area contributed by atoms with Crippen molar-refractivity contribution in [2.24, 2.45) is 0 Å². The number of benzene rings is 1. The summed E-state index contributed by atoms with van der Waals surface area (Å²) < 4.78 is 11.1. The van der Waals surface area contributed by atoms with E-state index in [1.54, 1.807) is 6.07 Å². The predicted molar refractivity (Wildman–Crippen MR) is 71.0 cm³/mol. The first-order valence-electron chi connectivity index (χ1n) is 4.90. The number of nitro groups is 1. The first-order chi connectivity index (χ1) is 8.13. The van der Waals surface area contributed by atoms with Crippen LogP contribution in [0.1, 0.15) is 0 Å². The molecule has 0 aliphatic carbocycles. The van der Waals surface area contributed by atoms with Crippen LogP contribution in [0.2, 0.25) is 0 Å². The lowest BCUT2D eigenvalue weighted by Crippen LogP contribution is -2.08. The molecule has 5 nitrogen and oxygen atoms in total. The monoisotopic (exact) mass is 321 g/mol. The van der Waals surface area contributed by atoms with Gasteiger partial charge in [0.2, 0.25) is 0 Å². The summed E-state index contributed by atoms with van der Waals surface area (Å²) in [5.41, 5.74) is -0.00866. The Morgan fingerprint density at radius 3 is 2.71 bits per heavy atom. The van der Waals surface area contributed by atoms with Gasteiger partial charge in [-0.05, 0) is 6.07 Å². The van der Waals surface area contributed by atoms with Crippen LogP contribution in [-0.2, 0) is 4.74 Å². The second-order valence-electron chi connectivity index (χ2n) is 3.09. The van der Waals surface area contributed by atoms with Crippen LogP contribution in [0.15, 0.2) is 22.7 Å². The van der Waals surface area contributed by atoms with Gasteiger partial charge >= 0.3 is 0 Å². The van der Waals surface area contributed by atoms with Crippen molar-refractivity contribution in [1.29, 1.82) is 0 Å². The maximum Gasteiger partial charge on any atom is 0.274 e. The molecule has 0 aromatic heterocycles. The predicted octanol–water partition coefficient (Wildman–Crippen LogP) is 2.68. The Hall–Kier alpha value is -0.790. The molecule has 0 saturated heterocycles. The zero-order valence-corrected chi connectivity index (χ0v) is 11.4. The van der Waals surface area contributed by atoms with E-state index in [1.807, 2.05) is 0 Å². The molecular weight excluding hydrogens is 310 g/mol. The van der Waals surface area contributed by atoms with E-state index < -0.39 is 4.92 Å². The average molecular weight is 322 g/mol. The van der Waals surface area contributed by atoms with Crippen LogP contribution in [0.3, 0.4) is 0 Å². The van der Waals surface area contributed by atoms with Crippen LogP contribution in [0, 0.1) is 10.1 Å². The third-order valence-electron chi connectivity index (χ3n) is 1.80. The van der Waals surface area contributed by atoms with Crippen molar-refractivity contribution < 1.29 is 14.4 Å². The molecule has 0 radical (unpaired) electrons. The summed E-state index contributed by atoms with van der Waals surface area (Å²) in [5.74, 6) is 1.10. The molecule has 1 rings (SSSR count). The smallest absolute Gasteiger partial charge is 0.274 e. The molecule has 7 heteroatoms. The fourth-order valence-corrected chi connectivity index (χ4v) is 1.71. The summed E-state index contributed by atoms with van der Waals surface area (Å²) in [4.78, 5) is 10.2. The summed E-state index contributed by atoms with van der Waals surface area (Å²) in [5, 5.41) is 10.6. The summed E-state index contributed by atoms with van der Waals surface area (Å²) >= 11 is 7.18. The van der Waals surface area contributed by atoms with Crippen LogP contribution >= 0.6 is 28.6 Å². The number of halogens is 1. The standard InChI is InChI=1S/C10H12BrNO4S/c11-8-5-9(12(13)14)7-10(6-8)16-2-1-15-3-4-17/h5-7,17H,1-4H2. The summed E-state index contributed by atoms with van der Waals surface area (Å²) in [7, 11) is 0. The van der Waals surface area contributed by atoms with E-state index >= 15 is 0 Å². The van der Waals surface area contributed by atoms with Gasteiger partial charge in [0, 0.05) is 16.3 Å². The van der Waals surface area contributed by atoms with E-state index in [9.17, 15) is 10.1 Å². The average Bonchev–Trinajstić information content (AvgIpc) is 2.28. The zero-order valence-electron chi connectivity index (χ0n) is 8.97. The SMILES string of the molecule is O=[N+]([O-])c1cc(Br)cc(OCCOCCS)c1. The van der Waals surface area contributed by atoms with Crippen molar-refractivity contribution in [3.63, 3.8) is 0 Å². The highest BCUT2D eigenvalue weighted by atomic mass is 79.9. The molecule has 17 heavy (non-hydrogen) atoms. The van der Waals surface area contributed by atoms with Gasteiger partial charge in [-0.2, -0.15) is 12.6 Å². The molecule has 0 saturated carbocycles. The molecule has 0 unspecified atom stereocenters. The Morgan fingerprint density at radius 1 is 1.29 bits per heavy atom. The van der Waals surface area contributed by atoms with Crippen LogP contribution < -0.4 is 4.74 Å². The minimum Gasteiger partial charge on any atom is -0.491 e. The van der Waals surface area contributed by atoms with Gasteiger partial charge < -0.3 is 9.47 Å². The first-order valence-corrected chi connectivity index (χ1v) is 6.32. The molecule has 94 valence electrons. The Balaban J connectivity index is 2.50. The van der Waals surface area contributed by atoms with Crippen molar-refractivity contribution in [2.45, 2.75) is 0 Å². The molecule has 0 heterocycles. The molecule has 0 aliphatic heterocycles. The summed E-state index contributed by atoms with van der Waals surface area (Å²) in [6, 6.07) is 4.47. The van der Waals surface area contributed by atoms with Crippen molar-refractivity contribution in [1.82, 2.24) is 0 Å². The molecule has 0 atom stereocenters. The fourth-order valence-electron chi connectivity index (χ4n) is 1.12. The van der Waals surface area contributed by atoms with Gasteiger partial charge in [0.25, 0.3) is 5.69 Å². The van der Waals surface area contributed by atoms with Gasteiger partial charge in [-0.15, -0.1) is 0 Å². The molecular formula is C10H12BrNO4S. The lowest BCUT2D eigenvalue weighted by molar-refractivity contribution is -0.385. The number of hydrogen-bond donors (Lipinski definition) is 1. The number of nitro benzene ring substituents is 1. The Labute approximate surface area is 113 Å². The van der Waals surface area contributed by atoms with Gasteiger partial charge in [-0.3, -0.25) is 10.1 Å². The third kappa shape index (κ3) is 5.38. The number of hydrogen-bond acceptors (Lipinski definition) is 5. The number of non-ortho nitro benzene ring substituents is 1. The fraction of sp³-hybridized carbons (Fsp3) is 0.400. The maximum absolute atomic E-state index is 10.6. The van der Waals surface area contributed by atoms with Crippen LogP contribution in [0.5, 0.6) is 5.75 Å². The van der Waals surface area contributed by atoms with Gasteiger partial charge in [-0.25, -0.2) is 0 Å². The van der Waals surface area contributed by atoms with E-state index in [4.69, 9.17) is 9.47 Å². The van der Waals surface area contributed by atoms with E-state index in [-0.39, 0.29) is 5.69 Å². The maximum atomic E-state index is 10.6. The summed E-state index contributed by atoms with van der Waals surface area (Å²) in [6.07, 6.45) is 0. The number of thiol groups is 1. The number of rotatable bonds is 7. The molecule has 0 bridgehead atoms. The number of ether oxygens (including phenoxy) is 2. The van der Waals surface area contributed by atoms with Crippen molar-refractivity contribution in [3.8, 4) is 5.75 Å². The highest BCUT2D eigenvalue weighted by molar-refractivity contribution is 9.10. The second-order valence-corrected chi connectivity index (χ2v) is 4.45. The lowest BCUT2D eigenvalue weighted by atomic mass is 10.3. The lowest BCUT2D eigenvalue weighted by Gasteiger charge is -2.06. The van der Waals surface area contributed by atoms with Crippen molar-refractivity contribution >= 4 is 34.2 Å². The molecule has 0 amide bonds. The normalized spacial score (nSPS) is 10.2. The minimum absolute atomic E-state index is 0.00866.